The first-order chi connectivity index (χ1) is 21.3. The summed E-state index contributed by atoms with van der Waals surface area (Å²) in [6.07, 6.45) is 9.71. The van der Waals surface area contributed by atoms with Gasteiger partial charge in [0.2, 0.25) is 5.58 Å². The zero-order valence-electron chi connectivity index (χ0n) is 24.5. The van der Waals surface area contributed by atoms with Crippen molar-refractivity contribution in [2.45, 2.75) is 32.2 Å². The molecular weight excluding hydrogens is 576 g/mol. The highest BCUT2D eigenvalue weighted by Crippen LogP contribution is 2.54. The number of oxazole rings is 1. The number of carbonyl (C=O) groups excluding carboxylic acids is 1. The first-order valence-corrected chi connectivity index (χ1v) is 14.8. The second-order valence-corrected chi connectivity index (χ2v) is 11.6. The first-order valence-electron chi connectivity index (χ1n) is 14.5. The standard InChI is InChI=1S/C36H31ClN2O5/c1-36(2)31(14-4-3-5-15-32-38(20-21-43-23-40)29-17-16-24(37)22-30(29)44-32)39(19-18-33(41)42)35-28-13-9-7-11-26(28)25-10-6-8-12-27(25)34(35)36/h3-17,22-23H,18-21H2,1-2H3/p+1. The number of halogens is 1. The highest BCUT2D eigenvalue weighted by Gasteiger charge is 2.42. The lowest BCUT2D eigenvalue weighted by Crippen LogP contribution is -2.37. The van der Waals surface area contributed by atoms with Crippen molar-refractivity contribution in [1.82, 2.24) is 0 Å². The largest absolute Gasteiger partial charge is 0.481 e. The van der Waals surface area contributed by atoms with E-state index in [1.54, 1.807) is 12.1 Å². The summed E-state index contributed by atoms with van der Waals surface area (Å²) in [6.45, 7) is 5.82. The molecule has 0 aliphatic carbocycles. The van der Waals surface area contributed by atoms with E-state index in [0.717, 1.165) is 27.7 Å². The maximum atomic E-state index is 11.7. The molecule has 4 aromatic carbocycles. The number of anilines is 1. The van der Waals surface area contributed by atoms with Gasteiger partial charge in [-0.1, -0.05) is 92.2 Å². The molecule has 1 aliphatic heterocycles. The Balaban J connectivity index is 1.39. The molecule has 0 bridgehead atoms. The number of nitrogens with zero attached hydrogens (tertiary/aromatic N) is 2. The van der Waals surface area contributed by atoms with Gasteiger partial charge in [-0.15, -0.1) is 0 Å². The third-order valence-electron chi connectivity index (χ3n) is 8.19. The van der Waals surface area contributed by atoms with E-state index in [9.17, 15) is 14.7 Å². The smallest absolute Gasteiger partial charge is 0.374 e. The van der Waals surface area contributed by atoms with Gasteiger partial charge in [-0.05, 0) is 33.9 Å². The Kier molecular flexibility index (Phi) is 7.97. The van der Waals surface area contributed by atoms with Gasteiger partial charge in [0.1, 0.15) is 0 Å². The summed E-state index contributed by atoms with van der Waals surface area (Å²) in [5, 5.41) is 14.8. The highest BCUT2D eigenvalue weighted by atomic mass is 35.5. The zero-order valence-corrected chi connectivity index (χ0v) is 25.3. The normalized spacial score (nSPS) is 15.3. The zero-order chi connectivity index (χ0) is 30.8. The summed E-state index contributed by atoms with van der Waals surface area (Å²) in [7, 11) is 0. The Labute approximate surface area is 259 Å². The van der Waals surface area contributed by atoms with E-state index >= 15 is 0 Å². The number of aromatic nitrogens is 1. The van der Waals surface area contributed by atoms with E-state index in [4.69, 9.17) is 20.8 Å². The first kappa shape index (κ1) is 29.2. The monoisotopic (exact) mass is 607 g/mol. The van der Waals surface area contributed by atoms with Gasteiger partial charge in [-0.2, -0.15) is 4.57 Å². The third kappa shape index (κ3) is 5.24. The molecular formula is C36H32ClN2O5+. The molecule has 1 N–H and O–H groups in total. The van der Waals surface area contributed by atoms with Gasteiger partial charge < -0.3 is 19.2 Å². The molecule has 0 saturated carbocycles. The van der Waals surface area contributed by atoms with Crippen LogP contribution in [0.3, 0.4) is 0 Å². The van der Waals surface area contributed by atoms with Gasteiger partial charge in [0.15, 0.2) is 13.2 Å². The number of aliphatic carboxylic acids is 1. The van der Waals surface area contributed by atoms with Crippen molar-refractivity contribution < 1.29 is 28.4 Å². The summed E-state index contributed by atoms with van der Waals surface area (Å²) in [6, 6.07) is 22.2. The second kappa shape index (κ2) is 12.0. The molecule has 0 spiro atoms. The minimum absolute atomic E-state index is 0.0154. The molecule has 0 saturated heterocycles. The minimum atomic E-state index is -0.835. The molecule has 222 valence electrons. The number of hydrogen-bond acceptors (Lipinski definition) is 5. The van der Waals surface area contributed by atoms with Crippen molar-refractivity contribution in [1.29, 1.82) is 0 Å². The van der Waals surface area contributed by atoms with Crippen molar-refractivity contribution in [3.8, 4) is 0 Å². The minimum Gasteiger partial charge on any atom is -0.481 e. The summed E-state index contributed by atoms with van der Waals surface area (Å²) < 4.78 is 12.9. The van der Waals surface area contributed by atoms with Crippen molar-refractivity contribution in [2.24, 2.45) is 0 Å². The van der Waals surface area contributed by atoms with E-state index in [0.29, 0.717) is 36.1 Å². The van der Waals surface area contributed by atoms with Crippen LogP contribution < -0.4 is 9.47 Å². The summed E-state index contributed by atoms with van der Waals surface area (Å²) in [4.78, 5) is 24.6. The SMILES string of the molecule is CC1(C)C(=CC=CC=Cc2oc3cc(Cl)ccc3[n+]2CCOC=O)N(CCC(=O)O)c2c1c1ccccc1c1ccccc21. The van der Waals surface area contributed by atoms with Crippen LogP contribution in [0.2, 0.25) is 5.02 Å². The van der Waals surface area contributed by atoms with E-state index in [2.05, 4.69) is 61.2 Å². The van der Waals surface area contributed by atoms with Crippen molar-refractivity contribution in [3.05, 3.63) is 113 Å². The number of rotatable bonds is 10. The van der Waals surface area contributed by atoms with Crippen LogP contribution in [0.4, 0.5) is 5.69 Å². The molecule has 5 aromatic rings. The molecule has 0 fully saturated rings. The third-order valence-corrected chi connectivity index (χ3v) is 8.43. The Bertz CT molecular complexity index is 2000. The number of ether oxygens (including phenoxy) is 1. The molecule has 7 nitrogen and oxygen atoms in total. The number of carboxylic acids is 1. The van der Waals surface area contributed by atoms with Crippen LogP contribution >= 0.6 is 11.6 Å². The van der Waals surface area contributed by atoms with Crippen LogP contribution in [0.15, 0.2) is 101 Å². The maximum absolute atomic E-state index is 11.7. The molecule has 0 radical (unpaired) electrons. The topological polar surface area (TPSA) is 83.9 Å². The van der Waals surface area contributed by atoms with Crippen LogP contribution in [0, 0.1) is 0 Å². The average Bonchev–Trinajstić information content (AvgIpc) is 3.46. The Morgan fingerprint density at radius 1 is 1.00 bits per heavy atom. The second-order valence-electron chi connectivity index (χ2n) is 11.2. The lowest BCUT2D eigenvalue weighted by Gasteiger charge is -2.26. The Hall–Kier alpha value is -4.88. The number of fused-ring (bicyclic) bond motifs is 7. The van der Waals surface area contributed by atoms with Gasteiger partial charge in [0.05, 0.1) is 18.2 Å². The molecule has 2 heterocycles. The lowest BCUT2D eigenvalue weighted by atomic mass is 9.80. The van der Waals surface area contributed by atoms with Crippen LogP contribution in [0.5, 0.6) is 0 Å². The molecule has 1 aliphatic rings. The number of hydrogen-bond donors (Lipinski definition) is 1. The molecule has 0 amide bonds. The average molecular weight is 608 g/mol. The predicted octanol–water partition coefficient (Wildman–Crippen LogP) is 7.58. The molecule has 1 aromatic heterocycles. The fourth-order valence-corrected chi connectivity index (χ4v) is 6.50. The fourth-order valence-electron chi connectivity index (χ4n) is 6.33. The number of allylic oxidation sites excluding steroid dienone is 5. The van der Waals surface area contributed by atoms with Crippen LogP contribution in [0.25, 0.3) is 38.7 Å². The van der Waals surface area contributed by atoms with Crippen LogP contribution in [-0.2, 0) is 26.3 Å². The number of carbonyl (C=O) groups is 2. The van der Waals surface area contributed by atoms with Gasteiger partial charge >= 0.3 is 11.9 Å². The summed E-state index contributed by atoms with van der Waals surface area (Å²) >= 11 is 6.17. The summed E-state index contributed by atoms with van der Waals surface area (Å²) in [5.74, 6) is -0.248. The molecule has 6 rings (SSSR count). The molecule has 8 heteroatoms. The molecule has 0 unspecified atom stereocenters. The van der Waals surface area contributed by atoms with Crippen molar-refractivity contribution in [3.63, 3.8) is 0 Å². The van der Waals surface area contributed by atoms with Gasteiger partial charge in [-0.3, -0.25) is 9.59 Å². The van der Waals surface area contributed by atoms with Gasteiger partial charge in [-0.25, -0.2) is 0 Å². The van der Waals surface area contributed by atoms with Gasteiger partial charge in [0.25, 0.3) is 12.0 Å². The highest BCUT2D eigenvalue weighted by molar-refractivity contribution is 6.31. The Morgan fingerprint density at radius 2 is 1.70 bits per heavy atom. The van der Waals surface area contributed by atoms with Gasteiger partial charge in [0, 0.05) is 40.2 Å². The Morgan fingerprint density at radius 3 is 2.43 bits per heavy atom. The van der Waals surface area contributed by atoms with E-state index in [1.165, 1.54) is 16.3 Å². The quantitative estimate of drug-likeness (QED) is 0.0579. The number of carboxylic acid groups (broad SMARTS) is 1. The predicted molar refractivity (Wildman–Crippen MR) is 174 cm³/mol. The fraction of sp³-hybridized carbons (Fsp3) is 0.194. The van der Waals surface area contributed by atoms with Crippen molar-refractivity contribution in [2.75, 3.05) is 18.1 Å². The lowest BCUT2D eigenvalue weighted by molar-refractivity contribution is -0.679. The summed E-state index contributed by atoms with van der Waals surface area (Å²) in [5.41, 5.74) is 4.39. The van der Waals surface area contributed by atoms with E-state index in [1.807, 2.05) is 47.1 Å². The maximum Gasteiger partial charge on any atom is 0.374 e. The van der Waals surface area contributed by atoms with Crippen LogP contribution in [-0.4, -0.2) is 30.7 Å². The van der Waals surface area contributed by atoms with Crippen molar-refractivity contribution >= 4 is 68.5 Å². The van der Waals surface area contributed by atoms with E-state index in [-0.39, 0.29) is 18.4 Å². The van der Waals surface area contributed by atoms with E-state index < -0.39 is 5.97 Å². The van der Waals surface area contributed by atoms with Crippen LogP contribution in [0.1, 0.15) is 31.7 Å². The number of benzene rings is 4. The molecule has 0 atom stereocenters. The molecule has 44 heavy (non-hydrogen) atoms.